The van der Waals surface area contributed by atoms with E-state index < -0.39 is 0 Å². The van der Waals surface area contributed by atoms with Gasteiger partial charge in [0.15, 0.2) is 0 Å². The Balaban J connectivity index is 2.32. The molecule has 0 saturated carbocycles. The van der Waals surface area contributed by atoms with E-state index in [4.69, 9.17) is 5.73 Å². The summed E-state index contributed by atoms with van der Waals surface area (Å²) in [5.41, 5.74) is 9.68. The van der Waals surface area contributed by atoms with Crippen molar-refractivity contribution < 1.29 is 0 Å². The zero-order chi connectivity index (χ0) is 12.0. The van der Waals surface area contributed by atoms with Crippen LogP contribution in [-0.2, 0) is 6.54 Å². The molecule has 0 aromatic heterocycles. The molecule has 0 fully saturated rings. The Labute approximate surface area is 99.2 Å². The summed E-state index contributed by atoms with van der Waals surface area (Å²) in [6.07, 6.45) is 1.15. The highest BCUT2D eigenvalue weighted by Gasteiger charge is 2.00. The van der Waals surface area contributed by atoms with Crippen LogP contribution in [0.15, 0.2) is 18.2 Å². The second-order valence-corrected chi connectivity index (χ2v) is 4.74. The molecule has 0 aliphatic carbocycles. The van der Waals surface area contributed by atoms with Gasteiger partial charge in [-0.15, -0.1) is 0 Å². The quantitative estimate of drug-likeness (QED) is 0.722. The molecule has 2 heteroatoms. The predicted octanol–water partition coefficient (Wildman–Crippen LogP) is 2.38. The molecule has 16 heavy (non-hydrogen) atoms. The van der Waals surface area contributed by atoms with Crippen LogP contribution in [0.5, 0.6) is 0 Å². The molecular weight excluding hydrogens is 196 g/mol. The number of benzene rings is 1. The van der Waals surface area contributed by atoms with Crippen molar-refractivity contribution in [3.63, 3.8) is 0 Å². The first-order valence-corrected chi connectivity index (χ1v) is 6.10. The van der Waals surface area contributed by atoms with E-state index in [9.17, 15) is 0 Å². The van der Waals surface area contributed by atoms with Crippen LogP contribution >= 0.6 is 0 Å². The number of nitrogens with two attached hydrogens (primary N) is 1. The van der Waals surface area contributed by atoms with Crippen molar-refractivity contribution in [3.05, 3.63) is 34.9 Å². The van der Waals surface area contributed by atoms with Crippen LogP contribution in [0, 0.1) is 19.8 Å². The molecule has 0 heterocycles. The summed E-state index contributed by atoms with van der Waals surface area (Å²) in [4.78, 5) is 0. The van der Waals surface area contributed by atoms with E-state index in [-0.39, 0.29) is 0 Å². The summed E-state index contributed by atoms with van der Waals surface area (Å²) in [7, 11) is 0. The fourth-order valence-corrected chi connectivity index (χ4v) is 1.73. The zero-order valence-corrected chi connectivity index (χ0v) is 10.7. The SMILES string of the molecule is Cc1ccc(CNCCC(C)CN)c(C)c1. The Hall–Kier alpha value is -0.860. The smallest absolute Gasteiger partial charge is 0.0208 e. The lowest BCUT2D eigenvalue weighted by molar-refractivity contribution is 0.509. The van der Waals surface area contributed by atoms with Gasteiger partial charge in [-0.1, -0.05) is 30.7 Å². The third-order valence-corrected chi connectivity index (χ3v) is 3.03. The third-order valence-electron chi connectivity index (χ3n) is 3.03. The molecule has 0 aliphatic heterocycles. The number of rotatable bonds is 6. The Kier molecular flexibility index (Phi) is 5.50. The molecule has 0 amide bonds. The fraction of sp³-hybridized carbons (Fsp3) is 0.571. The molecule has 3 N–H and O–H groups in total. The highest BCUT2D eigenvalue weighted by atomic mass is 14.8. The lowest BCUT2D eigenvalue weighted by Crippen LogP contribution is -2.20. The molecule has 90 valence electrons. The van der Waals surface area contributed by atoms with Gasteiger partial charge < -0.3 is 11.1 Å². The Bertz CT molecular complexity index is 321. The summed E-state index contributed by atoms with van der Waals surface area (Å²) in [6, 6.07) is 6.62. The van der Waals surface area contributed by atoms with Gasteiger partial charge in [0.05, 0.1) is 0 Å². The van der Waals surface area contributed by atoms with Gasteiger partial charge in [-0.05, 0) is 50.4 Å². The van der Waals surface area contributed by atoms with Gasteiger partial charge in [0.1, 0.15) is 0 Å². The van der Waals surface area contributed by atoms with Crippen LogP contribution in [0.3, 0.4) is 0 Å². The van der Waals surface area contributed by atoms with Crippen molar-refractivity contribution in [1.82, 2.24) is 5.32 Å². The Morgan fingerprint density at radius 2 is 2.06 bits per heavy atom. The molecule has 1 aromatic rings. The van der Waals surface area contributed by atoms with Gasteiger partial charge in [-0.2, -0.15) is 0 Å². The normalized spacial score (nSPS) is 12.8. The molecule has 0 bridgehead atoms. The van der Waals surface area contributed by atoms with Crippen LogP contribution in [0.1, 0.15) is 30.0 Å². The number of hydrogen-bond acceptors (Lipinski definition) is 2. The van der Waals surface area contributed by atoms with Gasteiger partial charge in [-0.3, -0.25) is 0 Å². The molecule has 1 atom stereocenters. The standard InChI is InChI=1S/C14H24N2/c1-11-4-5-14(13(3)8-11)10-16-7-6-12(2)9-15/h4-5,8,12,16H,6-7,9-10,15H2,1-3H3. The lowest BCUT2D eigenvalue weighted by atomic mass is 10.1. The van der Waals surface area contributed by atoms with E-state index in [1.165, 1.54) is 16.7 Å². The van der Waals surface area contributed by atoms with Gasteiger partial charge in [0, 0.05) is 6.54 Å². The zero-order valence-electron chi connectivity index (χ0n) is 10.7. The highest BCUT2D eigenvalue weighted by molar-refractivity contribution is 5.30. The highest BCUT2D eigenvalue weighted by Crippen LogP contribution is 2.10. The minimum atomic E-state index is 0.617. The first kappa shape index (κ1) is 13.2. The lowest BCUT2D eigenvalue weighted by Gasteiger charge is -2.11. The van der Waals surface area contributed by atoms with E-state index in [2.05, 4.69) is 44.3 Å². The predicted molar refractivity (Wildman–Crippen MR) is 70.5 cm³/mol. The van der Waals surface area contributed by atoms with Gasteiger partial charge in [-0.25, -0.2) is 0 Å². The first-order valence-electron chi connectivity index (χ1n) is 6.10. The molecule has 0 radical (unpaired) electrons. The monoisotopic (exact) mass is 220 g/mol. The van der Waals surface area contributed by atoms with E-state index in [1.807, 2.05) is 0 Å². The summed E-state index contributed by atoms with van der Waals surface area (Å²) >= 11 is 0. The van der Waals surface area contributed by atoms with Crippen LogP contribution in [-0.4, -0.2) is 13.1 Å². The second-order valence-electron chi connectivity index (χ2n) is 4.74. The maximum absolute atomic E-state index is 5.58. The maximum Gasteiger partial charge on any atom is 0.0208 e. The summed E-state index contributed by atoms with van der Waals surface area (Å²) in [5, 5.41) is 3.47. The summed E-state index contributed by atoms with van der Waals surface area (Å²) in [5.74, 6) is 0.617. The van der Waals surface area contributed by atoms with Crippen molar-refractivity contribution in [2.24, 2.45) is 11.7 Å². The van der Waals surface area contributed by atoms with E-state index in [1.54, 1.807) is 0 Å². The molecule has 0 spiro atoms. The van der Waals surface area contributed by atoms with Gasteiger partial charge in [0.25, 0.3) is 0 Å². The average Bonchev–Trinajstić information content (AvgIpc) is 2.26. The molecule has 0 aliphatic rings. The van der Waals surface area contributed by atoms with Crippen molar-refractivity contribution in [1.29, 1.82) is 0 Å². The maximum atomic E-state index is 5.58. The molecule has 1 rings (SSSR count). The van der Waals surface area contributed by atoms with Crippen LogP contribution in [0.4, 0.5) is 0 Å². The van der Waals surface area contributed by atoms with Crippen molar-refractivity contribution in [2.75, 3.05) is 13.1 Å². The first-order chi connectivity index (χ1) is 7.63. The number of nitrogens with one attached hydrogen (secondary N) is 1. The van der Waals surface area contributed by atoms with E-state index in [0.717, 1.165) is 26.1 Å². The minimum Gasteiger partial charge on any atom is -0.330 e. The average molecular weight is 220 g/mol. The minimum absolute atomic E-state index is 0.617. The fourth-order valence-electron chi connectivity index (χ4n) is 1.73. The Morgan fingerprint density at radius 1 is 1.31 bits per heavy atom. The molecule has 1 aromatic carbocycles. The van der Waals surface area contributed by atoms with Crippen LogP contribution < -0.4 is 11.1 Å². The van der Waals surface area contributed by atoms with Crippen molar-refractivity contribution in [3.8, 4) is 0 Å². The summed E-state index contributed by atoms with van der Waals surface area (Å²) in [6.45, 7) is 9.29. The van der Waals surface area contributed by atoms with E-state index in [0.29, 0.717) is 5.92 Å². The third kappa shape index (κ3) is 4.33. The molecule has 2 nitrogen and oxygen atoms in total. The second kappa shape index (κ2) is 6.66. The number of aryl methyl sites for hydroxylation is 2. The van der Waals surface area contributed by atoms with E-state index >= 15 is 0 Å². The van der Waals surface area contributed by atoms with Crippen LogP contribution in [0.2, 0.25) is 0 Å². The van der Waals surface area contributed by atoms with Crippen molar-refractivity contribution >= 4 is 0 Å². The summed E-state index contributed by atoms with van der Waals surface area (Å²) < 4.78 is 0. The number of hydrogen-bond donors (Lipinski definition) is 2. The molecular formula is C14H24N2. The Morgan fingerprint density at radius 3 is 2.69 bits per heavy atom. The van der Waals surface area contributed by atoms with Crippen LogP contribution in [0.25, 0.3) is 0 Å². The topological polar surface area (TPSA) is 38.0 Å². The molecule has 0 saturated heterocycles. The molecule has 1 unspecified atom stereocenters. The largest absolute Gasteiger partial charge is 0.330 e. The van der Waals surface area contributed by atoms with Crippen molar-refractivity contribution in [2.45, 2.75) is 33.7 Å². The van der Waals surface area contributed by atoms with Gasteiger partial charge >= 0.3 is 0 Å². The van der Waals surface area contributed by atoms with Gasteiger partial charge in [0.2, 0.25) is 0 Å².